The molecule has 1 aromatic carbocycles. The van der Waals surface area contributed by atoms with E-state index < -0.39 is 34.9 Å². The summed E-state index contributed by atoms with van der Waals surface area (Å²) in [7, 11) is 0. The van der Waals surface area contributed by atoms with Crippen molar-refractivity contribution in [3.05, 3.63) is 47.3 Å². The number of carboxylic acid groups (broad SMARTS) is 1. The number of H-pyrrole nitrogens is 1. The fourth-order valence-electron chi connectivity index (χ4n) is 1.58. The fraction of sp³-hybridized carbons (Fsp3) is 0.0833. The van der Waals surface area contributed by atoms with E-state index in [4.69, 9.17) is 5.11 Å². The van der Waals surface area contributed by atoms with E-state index in [1.807, 2.05) is 0 Å². The van der Waals surface area contributed by atoms with Gasteiger partial charge in [-0.05, 0) is 24.3 Å². The van der Waals surface area contributed by atoms with Gasteiger partial charge in [-0.15, -0.1) is 0 Å². The maximum absolute atomic E-state index is 12.6. The van der Waals surface area contributed by atoms with Gasteiger partial charge in [0.25, 0.3) is 5.91 Å². The van der Waals surface area contributed by atoms with Gasteiger partial charge in [0.05, 0.1) is 16.8 Å². The Hall–Kier alpha value is -2.84. The van der Waals surface area contributed by atoms with Crippen LogP contribution in [0.1, 0.15) is 26.4 Å². The third-order valence-electron chi connectivity index (χ3n) is 2.57. The van der Waals surface area contributed by atoms with E-state index in [2.05, 4.69) is 15.5 Å². The third-order valence-corrected chi connectivity index (χ3v) is 2.57. The molecule has 0 radical (unpaired) electrons. The number of carbonyl (C=O) groups is 2. The van der Waals surface area contributed by atoms with E-state index in [9.17, 15) is 22.8 Å². The van der Waals surface area contributed by atoms with Gasteiger partial charge in [0.15, 0.2) is 0 Å². The standard InChI is InChI=1S/C12H8F3N3O3/c13-12(14,15)6-1-2-7(11(20)21)9(5-6)17-10(19)8-3-4-16-18-8/h1-5H,(H,16,18)(H,17,19)(H,20,21). The zero-order valence-corrected chi connectivity index (χ0v) is 10.2. The topological polar surface area (TPSA) is 95.1 Å². The number of hydrogen-bond donors (Lipinski definition) is 3. The molecule has 0 fully saturated rings. The Morgan fingerprint density at radius 1 is 1.24 bits per heavy atom. The molecule has 0 atom stereocenters. The van der Waals surface area contributed by atoms with Gasteiger partial charge in [-0.25, -0.2) is 4.79 Å². The van der Waals surface area contributed by atoms with Crippen LogP contribution < -0.4 is 5.32 Å². The summed E-state index contributed by atoms with van der Waals surface area (Å²) < 4.78 is 37.9. The van der Waals surface area contributed by atoms with Crippen LogP contribution >= 0.6 is 0 Å². The molecule has 9 heteroatoms. The Morgan fingerprint density at radius 2 is 1.95 bits per heavy atom. The van der Waals surface area contributed by atoms with E-state index >= 15 is 0 Å². The Labute approximate surface area is 115 Å². The molecule has 1 aromatic heterocycles. The van der Waals surface area contributed by atoms with E-state index in [0.717, 1.165) is 6.07 Å². The first-order valence-electron chi connectivity index (χ1n) is 5.54. The Kier molecular flexibility index (Phi) is 3.66. The number of nitrogens with one attached hydrogen (secondary N) is 2. The lowest BCUT2D eigenvalue weighted by molar-refractivity contribution is -0.137. The van der Waals surface area contributed by atoms with Crippen LogP contribution in [0.4, 0.5) is 18.9 Å². The molecule has 0 aliphatic carbocycles. The van der Waals surface area contributed by atoms with Crippen molar-refractivity contribution in [1.82, 2.24) is 10.2 Å². The van der Waals surface area contributed by atoms with Crippen LogP contribution in [0.15, 0.2) is 30.5 Å². The van der Waals surface area contributed by atoms with Crippen LogP contribution in [0.25, 0.3) is 0 Å². The highest BCUT2D eigenvalue weighted by Gasteiger charge is 2.31. The van der Waals surface area contributed by atoms with Gasteiger partial charge in [0.1, 0.15) is 5.69 Å². The predicted octanol–water partition coefficient (Wildman–Crippen LogP) is 2.38. The van der Waals surface area contributed by atoms with Crippen molar-refractivity contribution in [2.24, 2.45) is 0 Å². The number of alkyl halides is 3. The molecule has 3 N–H and O–H groups in total. The number of rotatable bonds is 3. The highest BCUT2D eigenvalue weighted by atomic mass is 19.4. The minimum atomic E-state index is -4.65. The van der Waals surface area contributed by atoms with Gasteiger partial charge in [-0.3, -0.25) is 9.89 Å². The SMILES string of the molecule is O=C(Nc1cc(C(F)(F)F)ccc1C(=O)O)c1ccn[nH]1. The maximum Gasteiger partial charge on any atom is 0.416 e. The second kappa shape index (κ2) is 5.27. The van der Waals surface area contributed by atoms with Gasteiger partial charge in [0, 0.05) is 6.20 Å². The average molecular weight is 299 g/mol. The van der Waals surface area contributed by atoms with Crippen LogP contribution in [0, 0.1) is 0 Å². The lowest BCUT2D eigenvalue weighted by atomic mass is 10.1. The van der Waals surface area contributed by atoms with Crippen molar-refractivity contribution in [2.45, 2.75) is 6.18 Å². The molecule has 1 amide bonds. The van der Waals surface area contributed by atoms with Crippen molar-refractivity contribution < 1.29 is 27.9 Å². The normalized spacial score (nSPS) is 11.2. The first kappa shape index (κ1) is 14.6. The van der Waals surface area contributed by atoms with E-state index in [0.29, 0.717) is 12.1 Å². The smallest absolute Gasteiger partial charge is 0.416 e. The summed E-state index contributed by atoms with van der Waals surface area (Å²) in [6, 6.07) is 3.28. The Balaban J connectivity index is 2.39. The lowest BCUT2D eigenvalue weighted by Gasteiger charge is -2.12. The third kappa shape index (κ3) is 3.19. The first-order valence-corrected chi connectivity index (χ1v) is 5.54. The van der Waals surface area contributed by atoms with Gasteiger partial charge in [-0.2, -0.15) is 18.3 Å². The summed E-state index contributed by atoms with van der Waals surface area (Å²) in [4.78, 5) is 22.8. The van der Waals surface area contributed by atoms with E-state index in [1.165, 1.54) is 12.3 Å². The number of carbonyl (C=O) groups excluding carboxylic acids is 1. The summed E-state index contributed by atoms with van der Waals surface area (Å²) in [5.41, 5.74) is -1.97. The molecule has 0 aliphatic rings. The van der Waals surface area contributed by atoms with E-state index in [-0.39, 0.29) is 5.69 Å². The van der Waals surface area contributed by atoms with Crippen LogP contribution in [0.3, 0.4) is 0 Å². The molecule has 21 heavy (non-hydrogen) atoms. The number of hydrogen-bond acceptors (Lipinski definition) is 3. The number of benzene rings is 1. The van der Waals surface area contributed by atoms with Crippen molar-refractivity contribution in [2.75, 3.05) is 5.32 Å². The molecule has 2 rings (SSSR count). The van der Waals surface area contributed by atoms with Crippen molar-refractivity contribution in [3.8, 4) is 0 Å². The van der Waals surface area contributed by atoms with Crippen LogP contribution in [0.2, 0.25) is 0 Å². The van der Waals surface area contributed by atoms with E-state index in [1.54, 1.807) is 0 Å². The van der Waals surface area contributed by atoms with Crippen LogP contribution in [-0.4, -0.2) is 27.2 Å². The second-order valence-electron chi connectivity index (χ2n) is 3.99. The summed E-state index contributed by atoms with van der Waals surface area (Å²) >= 11 is 0. The number of halogens is 3. The Bertz CT molecular complexity index is 681. The molecule has 6 nitrogen and oxygen atoms in total. The number of aromatic carboxylic acids is 1. The zero-order chi connectivity index (χ0) is 15.6. The quantitative estimate of drug-likeness (QED) is 0.811. The maximum atomic E-state index is 12.6. The summed E-state index contributed by atoms with van der Waals surface area (Å²) in [6.07, 6.45) is -3.37. The Morgan fingerprint density at radius 3 is 2.48 bits per heavy atom. The molecule has 0 spiro atoms. The summed E-state index contributed by atoms with van der Waals surface area (Å²) in [6.45, 7) is 0. The number of aromatic nitrogens is 2. The van der Waals surface area contributed by atoms with Crippen molar-refractivity contribution in [3.63, 3.8) is 0 Å². The monoisotopic (exact) mass is 299 g/mol. The number of aromatic amines is 1. The van der Waals surface area contributed by atoms with Crippen molar-refractivity contribution >= 4 is 17.6 Å². The van der Waals surface area contributed by atoms with Gasteiger partial charge in [0.2, 0.25) is 0 Å². The van der Waals surface area contributed by atoms with Gasteiger partial charge in [-0.1, -0.05) is 0 Å². The molecule has 1 heterocycles. The first-order chi connectivity index (χ1) is 9.79. The number of amides is 1. The largest absolute Gasteiger partial charge is 0.478 e. The molecule has 0 unspecified atom stereocenters. The highest BCUT2D eigenvalue weighted by Crippen LogP contribution is 2.32. The zero-order valence-electron chi connectivity index (χ0n) is 10.2. The molecule has 2 aromatic rings. The predicted molar refractivity (Wildman–Crippen MR) is 64.9 cm³/mol. The molecule has 0 saturated heterocycles. The average Bonchev–Trinajstić information content (AvgIpc) is 2.91. The van der Waals surface area contributed by atoms with Crippen LogP contribution in [-0.2, 0) is 6.18 Å². The fourth-order valence-corrected chi connectivity index (χ4v) is 1.58. The van der Waals surface area contributed by atoms with Crippen molar-refractivity contribution in [1.29, 1.82) is 0 Å². The van der Waals surface area contributed by atoms with Crippen LogP contribution in [0.5, 0.6) is 0 Å². The summed E-state index contributed by atoms with van der Waals surface area (Å²) in [5.74, 6) is -2.25. The second-order valence-corrected chi connectivity index (χ2v) is 3.99. The molecule has 0 saturated carbocycles. The molecular weight excluding hydrogens is 291 g/mol. The highest BCUT2D eigenvalue weighted by molar-refractivity contribution is 6.06. The molecular formula is C12H8F3N3O3. The lowest BCUT2D eigenvalue weighted by Crippen LogP contribution is -2.16. The van der Waals surface area contributed by atoms with Gasteiger partial charge >= 0.3 is 12.1 Å². The minimum Gasteiger partial charge on any atom is -0.478 e. The number of carboxylic acids is 1. The number of anilines is 1. The molecule has 0 bridgehead atoms. The number of nitrogens with zero attached hydrogens (tertiary/aromatic N) is 1. The van der Waals surface area contributed by atoms with Gasteiger partial charge < -0.3 is 10.4 Å². The summed E-state index contributed by atoms with van der Waals surface area (Å²) in [5, 5.41) is 16.9. The molecule has 110 valence electrons. The minimum absolute atomic E-state index is 0.0104. The molecule has 0 aliphatic heterocycles.